The zero-order chi connectivity index (χ0) is 13.1. The van der Waals surface area contributed by atoms with E-state index in [1.54, 1.807) is 0 Å². The summed E-state index contributed by atoms with van der Waals surface area (Å²) in [5, 5.41) is 0. The molecule has 1 rings (SSSR count). The van der Waals surface area contributed by atoms with E-state index in [1.165, 1.54) is 38.5 Å². The van der Waals surface area contributed by atoms with E-state index in [-0.39, 0.29) is 11.1 Å². The van der Waals surface area contributed by atoms with Crippen LogP contribution < -0.4 is 5.73 Å². The maximum atomic E-state index is 6.21. The first-order chi connectivity index (χ1) is 7.94. The van der Waals surface area contributed by atoms with Gasteiger partial charge < -0.3 is 5.73 Å². The lowest BCUT2D eigenvalue weighted by molar-refractivity contribution is -0.0408. The molecule has 1 aliphatic rings. The minimum atomic E-state index is 0.243. The van der Waals surface area contributed by atoms with Crippen LogP contribution in [0.15, 0.2) is 0 Å². The molecule has 102 valence electrons. The number of likely N-dealkylation sites (N-methyl/N-ethyl adjacent to an activating group) is 1. The van der Waals surface area contributed by atoms with Crippen molar-refractivity contribution in [1.82, 2.24) is 4.90 Å². The third kappa shape index (κ3) is 2.68. The fourth-order valence-corrected chi connectivity index (χ4v) is 3.57. The van der Waals surface area contributed by atoms with E-state index in [0.29, 0.717) is 0 Å². The Morgan fingerprint density at radius 2 is 1.94 bits per heavy atom. The molecule has 0 aromatic rings. The van der Waals surface area contributed by atoms with E-state index < -0.39 is 0 Å². The van der Waals surface area contributed by atoms with Gasteiger partial charge in [-0.05, 0) is 46.1 Å². The summed E-state index contributed by atoms with van der Waals surface area (Å²) >= 11 is 0. The van der Waals surface area contributed by atoms with Crippen molar-refractivity contribution in [2.24, 2.45) is 11.7 Å². The molecular formula is C15H32N2. The Hall–Kier alpha value is -0.0800. The summed E-state index contributed by atoms with van der Waals surface area (Å²) in [5.41, 5.74) is 6.71. The molecule has 1 fully saturated rings. The largest absolute Gasteiger partial charge is 0.329 e. The second-order valence-corrected chi connectivity index (χ2v) is 6.38. The second kappa shape index (κ2) is 5.71. The van der Waals surface area contributed by atoms with Gasteiger partial charge in [0.05, 0.1) is 0 Å². The molecule has 1 saturated carbocycles. The molecule has 2 heteroatoms. The Kier molecular flexibility index (Phi) is 5.03. The predicted octanol–water partition coefficient (Wildman–Crippen LogP) is 3.40. The van der Waals surface area contributed by atoms with Gasteiger partial charge in [0.25, 0.3) is 0 Å². The Morgan fingerprint density at radius 1 is 1.29 bits per heavy atom. The third-order valence-corrected chi connectivity index (χ3v) is 5.46. The van der Waals surface area contributed by atoms with Gasteiger partial charge in [0.15, 0.2) is 0 Å². The highest BCUT2D eigenvalue weighted by molar-refractivity contribution is 5.02. The Labute approximate surface area is 108 Å². The maximum Gasteiger partial charge on any atom is 0.0361 e. The van der Waals surface area contributed by atoms with Crippen molar-refractivity contribution in [2.75, 3.05) is 13.6 Å². The summed E-state index contributed by atoms with van der Waals surface area (Å²) in [6.07, 6.45) is 7.82. The first-order valence-electron chi connectivity index (χ1n) is 7.38. The quantitative estimate of drug-likeness (QED) is 0.798. The first kappa shape index (κ1) is 15.0. The van der Waals surface area contributed by atoms with Crippen LogP contribution in [0.25, 0.3) is 0 Å². The SMILES string of the molecule is CCC1CCCCC1(CN)N(C)C(C)(C)CC. The second-order valence-electron chi connectivity index (χ2n) is 6.38. The molecule has 0 bridgehead atoms. The first-order valence-corrected chi connectivity index (χ1v) is 7.38. The lowest BCUT2D eigenvalue weighted by Gasteiger charge is -2.55. The molecule has 0 heterocycles. The van der Waals surface area contributed by atoms with Gasteiger partial charge >= 0.3 is 0 Å². The van der Waals surface area contributed by atoms with Crippen LogP contribution in [0.2, 0.25) is 0 Å². The van der Waals surface area contributed by atoms with Crippen LogP contribution in [0.1, 0.15) is 66.2 Å². The minimum absolute atomic E-state index is 0.243. The van der Waals surface area contributed by atoms with Crippen molar-refractivity contribution in [3.63, 3.8) is 0 Å². The van der Waals surface area contributed by atoms with Gasteiger partial charge in [-0.15, -0.1) is 0 Å². The zero-order valence-corrected chi connectivity index (χ0v) is 12.6. The van der Waals surface area contributed by atoms with Crippen LogP contribution in [0.3, 0.4) is 0 Å². The van der Waals surface area contributed by atoms with E-state index in [0.717, 1.165) is 12.5 Å². The van der Waals surface area contributed by atoms with Gasteiger partial charge in [-0.1, -0.05) is 33.1 Å². The number of rotatable bonds is 5. The molecule has 0 aromatic carbocycles. The van der Waals surface area contributed by atoms with Crippen LogP contribution in [0.4, 0.5) is 0 Å². The zero-order valence-electron chi connectivity index (χ0n) is 12.6. The van der Waals surface area contributed by atoms with Gasteiger partial charge in [-0.2, -0.15) is 0 Å². The van der Waals surface area contributed by atoms with Crippen molar-refractivity contribution in [3.8, 4) is 0 Å². The molecule has 0 amide bonds. The van der Waals surface area contributed by atoms with Gasteiger partial charge in [0, 0.05) is 17.6 Å². The summed E-state index contributed by atoms with van der Waals surface area (Å²) < 4.78 is 0. The van der Waals surface area contributed by atoms with Crippen molar-refractivity contribution < 1.29 is 0 Å². The highest BCUT2D eigenvalue weighted by Gasteiger charge is 2.45. The summed E-state index contributed by atoms with van der Waals surface area (Å²) in [7, 11) is 2.30. The average molecular weight is 240 g/mol. The van der Waals surface area contributed by atoms with Crippen molar-refractivity contribution in [3.05, 3.63) is 0 Å². The summed E-state index contributed by atoms with van der Waals surface area (Å²) in [6.45, 7) is 10.1. The van der Waals surface area contributed by atoms with Crippen molar-refractivity contribution >= 4 is 0 Å². The number of hydrogen-bond acceptors (Lipinski definition) is 2. The standard InChI is InChI=1S/C15H32N2/c1-6-13-10-8-9-11-15(13,12-16)17(5)14(3,4)7-2/h13H,6-12,16H2,1-5H3. The van der Waals surface area contributed by atoms with Gasteiger partial charge in [-0.25, -0.2) is 0 Å². The molecule has 2 nitrogen and oxygen atoms in total. The van der Waals surface area contributed by atoms with Gasteiger partial charge in [0.2, 0.25) is 0 Å². The fourth-order valence-electron chi connectivity index (χ4n) is 3.57. The highest BCUT2D eigenvalue weighted by Crippen LogP contribution is 2.42. The topological polar surface area (TPSA) is 29.3 Å². The van der Waals surface area contributed by atoms with Crippen LogP contribution in [0, 0.1) is 5.92 Å². The molecule has 0 spiro atoms. The van der Waals surface area contributed by atoms with Gasteiger partial charge in [0.1, 0.15) is 0 Å². The van der Waals surface area contributed by atoms with Crippen molar-refractivity contribution in [2.45, 2.75) is 77.3 Å². The predicted molar refractivity (Wildman–Crippen MR) is 76.2 cm³/mol. The highest BCUT2D eigenvalue weighted by atomic mass is 15.2. The van der Waals surface area contributed by atoms with Gasteiger partial charge in [-0.3, -0.25) is 4.90 Å². The fraction of sp³-hybridized carbons (Fsp3) is 1.00. The average Bonchev–Trinajstić information content (AvgIpc) is 2.37. The third-order valence-electron chi connectivity index (χ3n) is 5.46. The molecule has 1 aliphatic carbocycles. The maximum absolute atomic E-state index is 6.21. The Morgan fingerprint density at radius 3 is 2.41 bits per heavy atom. The van der Waals surface area contributed by atoms with Crippen LogP contribution >= 0.6 is 0 Å². The van der Waals surface area contributed by atoms with Crippen LogP contribution in [-0.2, 0) is 0 Å². The molecular weight excluding hydrogens is 208 g/mol. The molecule has 0 saturated heterocycles. The Balaban J connectivity index is 2.99. The minimum Gasteiger partial charge on any atom is -0.329 e. The normalized spacial score (nSPS) is 30.9. The van der Waals surface area contributed by atoms with Crippen LogP contribution in [0.5, 0.6) is 0 Å². The summed E-state index contributed by atoms with van der Waals surface area (Å²) in [4.78, 5) is 2.60. The van der Waals surface area contributed by atoms with E-state index >= 15 is 0 Å². The van der Waals surface area contributed by atoms with E-state index in [4.69, 9.17) is 5.73 Å². The van der Waals surface area contributed by atoms with Crippen LogP contribution in [-0.4, -0.2) is 29.6 Å². The molecule has 2 atom stereocenters. The van der Waals surface area contributed by atoms with E-state index in [2.05, 4.69) is 39.6 Å². The molecule has 0 aliphatic heterocycles. The lowest BCUT2D eigenvalue weighted by Crippen LogP contribution is -2.64. The molecule has 2 unspecified atom stereocenters. The Bertz CT molecular complexity index is 237. The number of nitrogens with two attached hydrogens (primary N) is 1. The number of nitrogens with zero attached hydrogens (tertiary/aromatic N) is 1. The molecule has 0 radical (unpaired) electrons. The summed E-state index contributed by atoms with van der Waals surface area (Å²) in [6, 6.07) is 0. The lowest BCUT2D eigenvalue weighted by atomic mass is 9.69. The molecule has 0 aromatic heterocycles. The monoisotopic (exact) mass is 240 g/mol. The summed E-state index contributed by atoms with van der Waals surface area (Å²) in [5.74, 6) is 0.775. The molecule has 17 heavy (non-hydrogen) atoms. The van der Waals surface area contributed by atoms with E-state index in [1.807, 2.05) is 0 Å². The number of hydrogen-bond donors (Lipinski definition) is 1. The van der Waals surface area contributed by atoms with E-state index in [9.17, 15) is 0 Å². The smallest absolute Gasteiger partial charge is 0.0361 e. The van der Waals surface area contributed by atoms with Crippen molar-refractivity contribution in [1.29, 1.82) is 0 Å². The molecule has 2 N–H and O–H groups in total.